The second-order valence-corrected chi connectivity index (χ2v) is 8.97. The fraction of sp³-hybridized carbons (Fsp3) is 0.522. The molecule has 0 unspecified atom stereocenters. The van der Waals surface area contributed by atoms with Crippen molar-refractivity contribution in [3.8, 4) is 5.75 Å². The number of hydrazine groups is 1. The largest absolute Gasteiger partial charge is 0.489 e. The Morgan fingerprint density at radius 2 is 1.97 bits per heavy atom. The van der Waals surface area contributed by atoms with Crippen molar-refractivity contribution >= 4 is 23.2 Å². The van der Waals surface area contributed by atoms with E-state index in [0.717, 1.165) is 30.0 Å². The van der Waals surface area contributed by atoms with Gasteiger partial charge in [0.1, 0.15) is 5.75 Å². The first-order valence-electron chi connectivity index (χ1n) is 11.1. The van der Waals surface area contributed by atoms with Crippen LogP contribution in [0.25, 0.3) is 5.70 Å². The zero-order valence-corrected chi connectivity index (χ0v) is 20.1. The van der Waals surface area contributed by atoms with Crippen LogP contribution in [0.2, 0.25) is 5.02 Å². The van der Waals surface area contributed by atoms with E-state index in [9.17, 15) is 0 Å². The van der Waals surface area contributed by atoms with Crippen LogP contribution in [0.4, 0.5) is 5.95 Å². The lowest BCUT2D eigenvalue weighted by atomic mass is 9.98. The third-order valence-electron chi connectivity index (χ3n) is 5.63. The predicted molar refractivity (Wildman–Crippen MR) is 129 cm³/mol. The summed E-state index contributed by atoms with van der Waals surface area (Å²) in [6, 6.07) is 3.82. The highest BCUT2D eigenvalue weighted by Gasteiger charge is 2.18. The molecule has 0 saturated heterocycles. The number of likely N-dealkylation sites (N-methyl/N-ethyl adjacent to an activating group) is 1. The molecular weight excluding hydrogens is 426 g/mol. The van der Waals surface area contributed by atoms with Crippen LogP contribution in [0.5, 0.6) is 5.75 Å². The van der Waals surface area contributed by atoms with Crippen molar-refractivity contribution in [1.82, 2.24) is 20.0 Å². The highest BCUT2D eigenvalue weighted by Crippen LogP contribution is 2.27. The number of aromatic nitrogens is 3. The zero-order valence-electron chi connectivity index (χ0n) is 19.4. The summed E-state index contributed by atoms with van der Waals surface area (Å²) in [5, 5.41) is 5.21. The second-order valence-electron chi connectivity index (χ2n) is 8.56. The number of nitrogens with one attached hydrogen (secondary N) is 1. The maximum atomic E-state index is 6.46. The third-order valence-corrected chi connectivity index (χ3v) is 5.92. The Morgan fingerprint density at radius 3 is 2.59 bits per heavy atom. The van der Waals surface area contributed by atoms with E-state index in [1.807, 2.05) is 32.9 Å². The van der Waals surface area contributed by atoms with Crippen LogP contribution in [0.3, 0.4) is 0 Å². The molecule has 8 nitrogen and oxygen atoms in total. The molecule has 1 aliphatic rings. The molecule has 32 heavy (non-hydrogen) atoms. The summed E-state index contributed by atoms with van der Waals surface area (Å²) in [6.07, 6.45) is 7.81. The van der Waals surface area contributed by atoms with E-state index in [1.165, 1.54) is 24.3 Å². The predicted octanol–water partition coefficient (Wildman–Crippen LogP) is 4.21. The highest BCUT2D eigenvalue weighted by atomic mass is 35.5. The topological polar surface area (TPSA) is 115 Å². The molecule has 1 aliphatic carbocycles. The quantitative estimate of drug-likeness (QED) is 0.397. The van der Waals surface area contributed by atoms with Crippen molar-refractivity contribution in [3.63, 3.8) is 0 Å². The lowest BCUT2D eigenvalue weighted by Crippen LogP contribution is -2.32. The van der Waals surface area contributed by atoms with E-state index in [1.54, 1.807) is 13.2 Å². The Hall–Kier alpha value is -2.58. The first-order valence-corrected chi connectivity index (χ1v) is 11.5. The van der Waals surface area contributed by atoms with Crippen LogP contribution < -0.4 is 21.6 Å². The van der Waals surface area contributed by atoms with Crippen LogP contribution in [0.1, 0.15) is 69.0 Å². The second kappa shape index (κ2) is 10.8. The summed E-state index contributed by atoms with van der Waals surface area (Å²) in [7, 11) is 1.74. The molecule has 5 N–H and O–H groups in total. The summed E-state index contributed by atoms with van der Waals surface area (Å²) >= 11 is 6.20. The highest BCUT2D eigenvalue weighted by molar-refractivity contribution is 6.31. The van der Waals surface area contributed by atoms with Crippen molar-refractivity contribution in [2.24, 2.45) is 11.6 Å². The molecule has 0 spiro atoms. The molecule has 2 aromatic heterocycles. The molecule has 0 radical (unpaired) electrons. The van der Waals surface area contributed by atoms with E-state index < -0.39 is 0 Å². The minimum Gasteiger partial charge on any atom is -0.489 e. The number of nitrogens with two attached hydrogens (primary N) is 2. The number of anilines is 1. The summed E-state index contributed by atoms with van der Waals surface area (Å²) < 4.78 is 6.18. The fourth-order valence-electron chi connectivity index (χ4n) is 3.78. The summed E-state index contributed by atoms with van der Waals surface area (Å²) in [4.78, 5) is 13.4. The van der Waals surface area contributed by atoms with Gasteiger partial charge in [-0.05, 0) is 50.7 Å². The maximum absolute atomic E-state index is 6.46. The number of hydrogen-bond donors (Lipinski definition) is 3. The van der Waals surface area contributed by atoms with Crippen molar-refractivity contribution in [2.45, 2.75) is 64.9 Å². The van der Waals surface area contributed by atoms with Gasteiger partial charge in [0.05, 0.1) is 52.3 Å². The lowest BCUT2D eigenvalue weighted by molar-refractivity contribution is 0.153. The lowest BCUT2D eigenvalue weighted by Gasteiger charge is -2.24. The maximum Gasteiger partial charge on any atom is 0.223 e. The van der Waals surface area contributed by atoms with E-state index in [-0.39, 0.29) is 12.0 Å². The monoisotopic (exact) mass is 459 g/mol. The van der Waals surface area contributed by atoms with E-state index in [0.29, 0.717) is 34.6 Å². The molecule has 2 aromatic rings. The summed E-state index contributed by atoms with van der Waals surface area (Å²) in [5.74, 6) is 7.53. The average molecular weight is 460 g/mol. The Bertz CT molecular complexity index is 955. The number of rotatable bonds is 8. The van der Waals surface area contributed by atoms with E-state index >= 15 is 0 Å². The normalized spacial score (nSPS) is 15.5. The molecule has 0 atom stereocenters. The fourth-order valence-corrected chi connectivity index (χ4v) is 4.09. The molecule has 0 amide bonds. The molecule has 0 bridgehead atoms. The van der Waals surface area contributed by atoms with Gasteiger partial charge in [0.25, 0.3) is 0 Å². The SMILES string of the molecule is Cc1nc(/C(N)=C(\CNc2ncc(Cl)c(C(C)C)n2)N(C)N)ccc1OC1CCCCC1. The number of halogens is 1. The van der Waals surface area contributed by atoms with Crippen LogP contribution in [0.15, 0.2) is 24.0 Å². The Labute approximate surface area is 195 Å². The van der Waals surface area contributed by atoms with E-state index in [4.69, 9.17) is 27.9 Å². The van der Waals surface area contributed by atoms with Gasteiger partial charge >= 0.3 is 0 Å². The molecule has 9 heteroatoms. The van der Waals surface area contributed by atoms with Crippen molar-refractivity contribution < 1.29 is 4.74 Å². The zero-order chi connectivity index (χ0) is 23.3. The van der Waals surface area contributed by atoms with Gasteiger partial charge in [-0.3, -0.25) is 0 Å². The van der Waals surface area contributed by atoms with Gasteiger partial charge in [-0.25, -0.2) is 20.8 Å². The molecule has 0 aromatic carbocycles. The molecule has 174 valence electrons. The number of aryl methyl sites for hydroxylation is 1. The molecule has 1 saturated carbocycles. The molecular formula is C23H34ClN7O. The van der Waals surface area contributed by atoms with Crippen molar-refractivity contribution in [1.29, 1.82) is 0 Å². The van der Waals surface area contributed by atoms with Crippen molar-refractivity contribution in [2.75, 3.05) is 18.9 Å². The van der Waals surface area contributed by atoms with Crippen molar-refractivity contribution in [3.05, 3.63) is 46.1 Å². The minimum atomic E-state index is 0.185. The molecule has 1 fully saturated rings. The molecule has 2 heterocycles. The van der Waals surface area contributed by atoms with Gasteiger partial charge < -0.3 is 20.8 Å². The summed E-state index contributed by atoms with van der Waals surface area (Å²) in [6.45, 7) is 6.34. The first-order chi connectivity index (χ1) is 15.3. The standard InChI is InChI=1S/C23H34ClN7O/c1-14(2)22-17(24)12-27-23(30-22)28-13-19(31(4)26)21(25)18-10-11-20(15(3)29-18)32-16-8-6-5-7-9-16/h10-12,14,16H,5-9,13,25-26H2,1-4H3,(H,27,28,30)/b21-19-. The molecule has 3 rings (SSSR count). The van der Waals surface area contributed by atoms with Gasteiger partial charge in [0.2, 0.25) is 5.95 Å². The molecule has 0 aliphatic heterocycles. The Morgan fingerprint density at radius 1 is 1.25 bits per heavy atom. The van der Waals surface area contributed by atoms with Gasteiger partial charge in [-0.1, -0.05) is 31.9 Å². The summed E-state index contributed by atoms with van der Waals surface area (Å²) in [5.41, 5.74) is 9.85. The Balaban J connectivity index is 1.77. The number of nitrogens with zero attached hydrogens (tertiary/aromatic N) is 4. The van der Waals surface area contributed by atoms with Gasteiger partial charge in [-0.15, -0.1) is 0 Å². The third kappa shape index (κ3) is 6.01. The number of hydrogen-bond acceptors (Lipinski definition) is 8. The van der Waals surface area contributed by atoms with Crippen LogP contribution in [-0.4, -0.2) is 39.7 Å². The number of ether oxygens (including phenoxy) is 1. The van der Waals surface area contributed by atoms with Crippen LogP contribution >= 0.6 is 11.6 Å². The van der Waals surface area contributed by atoms with Crippen LogP contribution in [0, 0.1) is 6.92 Å². The smallest absolute Gasteiger partial charge is 0.223 e. The number of pyridine rings is 1. The first kappa shape index (κ1) is 24.1. The van der Waals surface area contributed by atoms with Gasteiger partial charge in [0, 0.05) is 7.05 Å². The Kier molecular flexibility index (Phi) is 8.15. The minimum absolute atomic E-state index is 0.185. The van der Waals surface area contributed by atoms with Gasteiger partial charge in [0.15, 0.2) is 0 Å². The van der Waals surface area contributed by atoms with Gasteiger partial charge in [-0.2, -0.15) is 0 Å². The average Bonchev–Trinajstić information content (AvgIpc) is 2.76. The van der Waals surface area contributed by atoms with Crippen LogP contribution in [-0.2, 0) is 0 Å². The van der Waals surface area contributed by atoms with E-state index in [2.05, 4.69) is 20.3 Å².